The topological polar surface area (TPSA) is 105 Å². The second kappa shape index (κ2) is 6.94. The lowest BCUT2D eigenvalue weighted by Gasteiger charge is -2.03. The Morgan fingerprint density at radius 3 is 2.50 bits per heavy atom. The van der Waals surface area contributed by atoms with E-state index >= 15 is 0 Å². The Hall–Kier alpha value is -1.52. The summed E-state index contributed by atoms with van der Waals surface area (Å²) in [6.45, 7) is 2.87. The molecule has 80 valence electrons. The van der Waals surface area contributed by atoms with Crippen LogP contribution in [0.25, 0.3) is 0 Å². The van der Waals surface area contributed by atoms with E-state index in [1.54, 1.807) is 0 Å². The van der Waals surface area contributed by atoms with Crippen LogP contribution in [0.3, 0.4) is 0 Å². The number of carbonyl (C=O) groups excluding carboxylic acids is 1. The van der Waals surface area contributed by atoms with Gasteiger partial charge in [-0.1, -0.05) is 19.8 Å². The molecule has 0 unspecified atom stereocenters. The van der Waals surface area contributed by atoms with Gasteiger partial charge in [-0.25, -0.2) is 0 Å². The molecule has 0 radical (unpaired) electrons. The van der Waals surface area contributed by atoms with Gasteiger partial charge in [-0.05, 0) is 6.42 Å². The van der Waals surface area contributed by atoms with Crippen LogP contribution in [-0.2, 0) is 4.79 Å². The lowest BCUT2D eigenvalue weighted by Crippen LogP contribution is -2.27. The molecule has 0 aliphatic rings. The Kier molecular flexibility index (Phi) is 6.19. The summed E-state index contributed by atoms with van der Waals surface area (Å²) in [7, 11) is 0. The number of nitrogens with one attached hydrogen (secondary N) is 2. The largest absolute Gasteiger partial charge is 0.390 e. The van der Waals surface area contributed by atoms with Crippen LogP contribution in [-0.4, -0.2) is 18.3 Å². The van der Waals surface area contributed by atoms with Crippen molar-refractivity contribution in [3.05, 3.63) is 11.8 Å². The van der Waals surface area contributed by atoms with E-state index < -0.39 is 5.91 Å². The van der Waals surface area contributed by atoms with E-state index in [2.05, 4.69) is 12.2 Å². The standard InChI is InChI=1S/C9H18N4O/c1-2-3-4-5-13-6-7(8(10)11)9(12)14/h6,13H,2-5H2,1H3,(H3,10,11)(H2,12,14). The van der Waals surface area contributed by atoms with Crippen LogP contribution in [0.5, 0.6) is 0 Å². The first kappa shape index (κ1) is 12.5. The molecular formula is C9H18N4O. The van der Waals surface area contributed by atoms with E-state index in [1.807, 2.05) is 0 Å². The molecule has 0 atom stereocenters. The quantitative estimate of drug-likeness (QED) is 0.201. The fourth-order valence-electron chi connectivity index (χ4n) is 0.933. The van der Waals surface area contributed by atoms with Gasteiger partial charge in [0.1, 0.15) is 5.84 Å². The maximum absolute atomic E-state index is 10.8. The first-order chi connectivity index (χ1) is 6.59. The van der Waals surface area contributed by atoms with Crippen molar-refractivity contribution in [2.24, 2.45) is 11.5 Å². The van der Waals surface area contributed by atoms with Gasteiger partial charge < -0.3 is 16.8 Å². The van der Waals surface area contributed by atoms with Crippen LogP contribution >= 0.6 is 0 Å². The molecule has 0 aromatic carbocycles. The van der Waals surface area contributed by atoms with Gasteiger partial charge in [0.15, 0.2) is 0 Å². The summed E-state index contributed by atoms with van der Waals surface area (Å²) in [6, 6.07) is 0. The predicted octanol–water partition coefficient (Wildman–Crippen LogP) is 0.0714. The van der Waals surface area contributed by atoms with Gasteiger partial charge in [-0.2, -0.15) is 0 Å². The molecule has 1 amide bonds. The van der Waals surface area contributed by atoms with Crippen molar-refractivity contribution in [2.45, 2.75) is 26.2 Å². The fourth-order valence-corrected chi connectivity index (χ4v) is 0.933. The average molecular weight is 198 g/mol. The van der Waals surface area contributed by atoms with E-state index in [9.17, 15) is 4.79 Å². The second-order valence-electron chi connectivity index (χ2n) is 3.00. The number of nitrogens with two attached hydrogens (primary N) is 2. The number of primary amides is 1. The molecule has 14 heavy (non-hydrogen) atoms. The zero-order chi connectivity index (χ0) is 11.0. The van der Waals surface area contributed by atoms with Gasteiger partial charge in [-0.3, -0.25) is 10.2 Å². The zero-order valence-corrected chi connectivity index (χ0v) is 8.47. The van der Waals surface area contributed by atoms with Gasteiger partial charge in [0.2, 0.25) is 0 Å². The molecular weight excluding hydrogens is 180 g/mol. The molecule has 0 spiro atoms. The Bertz CT molecular complexity index is 219. The Balaban J connectivity index is 3.93. The molecule has 0 saturated heterocycles. The van der Waals surface area contributed by atoms with E-state index in [4.69, 9.17) is 16.9 Å². The average Bonchev–Trinajstić information content (AvgIpc) is 2.09. The lowest BCUT2D eigenvalue weighted by molar-refractivity contribution is -0.114. The summed E-state index contributed by atoms with van der Waals surface area (Å²) in [5.41, 5.74) is 10.2. The fraction of sp³-hybridized carbons (Fsp3) is 0.556. The number of amidine groups is 1. The molecule has 0 bridgehead atoms. The molecule has 0 aromatic rings. The number of amides is 1. The van der Waals surface area contributed by atoms with Crippen molar-refractivity contribution in [1.29, 1.82) is 5.41 Å². The highest BCUT2D eigenvalue weighted by molar-refractivity contribution is 6.18. The lowest BCUT2D eigenvalue weighted by atomic mass is 10.2. The highest BCUT2D eigenvalue weighted by Crippen LogP contribution is 1.93. The maximum atomic E-state index is 10.8. The van der Waals surface area contributed by atoms with Gasteiger partial charge in [-0.15, -0.1) is 0 Å². The monoisotopic (exact) mass is 198 g/mol. The summed E-state index contributed by atoms with van der Waals surface area (Å²) in [6.07, 6.45) is 4.70. The van der Waals surface area contributed by atoms with Crippen molar-refractivity contribution in [3.63, 3.8) is 0 Å². The molecule has 0 aliphatic heterocycles. The third kappa shape index (κ3) is 5.18. The van der Waals surface area contributed by atoms with Crippen molar-refractivity contribution in [1.82, 2.24) is 5.32 Å². The third-order valence-corrected chi connectivity index (χ3v) is 1.73. The van der Waals surface area contributed by atoms with Crippen molar-refractivity contribution in [3.8, 4) is 0 Å². The highest BCUT2D eigenvalue weighted by atomic mass is 16.1. The molecule has 0 aromatic heterocycles. The summed E-state index contributed by atoms with van der Waals surface area (Å²) in [5.74, 6) is -0.985. The third-order valence-electron chi connectivity index (χ3n) is 1.73. The zero-order valence-electron chi connectivity index (χ0n) is 8.47. The minimum Gasteiger partial charge on any atom is -0.390 e. The first-order valence-electron chi connectivity index (χ1n) is 4.67. The van der Waals surface area contributed by atoms with Gasteiger partial charge >= 0.3 is 0 Å². The van der Waals surface area contributed by atoms with Crippen molar-refractivity contribution >= 4 is 11.7 Å². The number of rotatable bonds is 7. The number of hydrogen-bond donors (Lipinski definition) is 4. The van der Waals surface area contributed by atoms with Gasteiger partial charge in [0.25, 0.3) is 5.91 Å². The molecule has 0 heterocycles. The van der Waals surface area contributed by atoms with Crippen molar-refractivity contribution < 1.29 is 4.79 Å². The molecule has 0 rings (SSSR count). The minimum atomic E-state index is -0.680. The maximum Gasteiger partial charge on any atom is 0.253 e. The van der Waals surface area contributed by atoms with Crippen molar-refractivity contribution in [2.75, 3.05) is 6.54 Å². The van der Waals surface area contributed by atoms with E-state index in [0.29, 0.717) is 0 Å². The smallest absolute Gasteiger partial charge is 0.253 e. The SMILES string of the molecule is CCCCCNC=C(C(=N)N)C(N)=O. The summed E-state index contributed by atoms with van der Waals surface area (Å²) < 4.78 is 0. The highest BCUT2D eigenvalue weighted by Gasteiger charge is 2.06. The Morgan fingerprint density at radius 1 is 1.43 bits per heavy atom. The normalized spacial score (nSPS) is 11.1. The van der Waals surface area contributed by atoms with E-state index in [0.717, 1.165) is 25.8 Å². The predicted molar refractivity (Wildman–Crippen MR) is 56.7 cm³/mol. The Morgan fingerprint density at radius 2 is 2.07 bits per heavy atom. The molecule has 6 N–H and O–H groups in total. The number of hydrogen-bond acceptors (Lipinski definition) is 3. The summed E-state index contributed by atoms with van der Waals surface area (Å²) in [4.78, 5) is 10.8. The van der Waals surface area contributed by atoms with Crippen LogP contribution in [0.15, 0.2) is 11.8 Å². The molecule has 0 aliphatic carbocycles. The minimum absolute atomic E-state index is 0.0292. The summed E-state index contributed by atoms with van der Waals surface area (Å²) in [5, 5.41) is 9.97. The Labute approximate surface area is 84.0 Å². The first-order valence-corrected chi connectivity index (χ1v) is 4.67. The van der Waals surface area contributed by atoms with Crippen LogP contribution < -0.4 is 16.8 Å². The molecule has 5 heteroatoms. The van der Waals surface area contributed by atoms with E-state index in [-0.39, 0.29) is 11.4 Å². The van der Waals surface area contributed by atoms with Crippen LogP contribution in [0, 0.1) is 5.41 Å². The van der Waals surface area contributed by atoms with Crippen LogP contribution in [0.2, 0.25) is 0 Å². The van der Waals surface area contributed by atoms with Gasteiger partial charge in [0.05, 0.1) is 5.57 Å². The molecule has 5 nitrogen and oxygen atoms in total. The van der Waals surface area contributed by atoms with E-state index in [1.165, 1.54) is 6.20 Å². The summed E-state index contributed by atoms with van der Waals surface area (Å²) >= 11 is 0. The number of carbonyl (C=O) groups is 1. The van der Waals surface area contributed by atoms with Crippen LogP contribution in [0.4, 0.5) is 0 Å². The second-order valence-corrected chi connectivity index (χ2v) is 3.00. The molecule has 0 fully saturated rings. The molecule has 0 saturated carbocycles. The number of unbranched alkanes of at least 4 members (excludes halogenated alkanes) is 2. The van der Waals surface area contributed by atoms with Gasteiger partial charge in [0, 0.05) is 12.7 Å². The van der Waals surface area contributed by atoms with Crippen LogP contribution in [0.1, 0.15) is 26.2 Å².